The molecule has 2 atom stereocenters. The Hall–Kier alpha value is -1.75. The Kier molecular flexibility index (Phi) is 3.06. The molecule has 1 amide bonds. The Morgan fingerprint density at radius 3 is 3.00 bits per heavy atom. The molecule has 5 nitrogen and oxygen atoms in total. The summed E-state index contributed by atoms with van der Waals surface area (Å²) in [4.78, 5) is 11.4. The van der Waals surface area contributed by atoms with E-state index in [0.29, 0.717) is 6.42 Å². The molecule has 1 saturated heterocycles. The van der Waals surface area contributed by atoms with Crippen LogP contribution in [0.4, 0.5) is 17.1 Å². The fourth-order valence-corrected chi connectivity index (χ4v) is 2.69. The van der Waals surface area contributed by atoms with Gasteiger partial charge in [-0.1, -0.05) is 0 Å². The van der Waals surface area contributed by atoms with E-state index in [1.165, 1.54) is 0 Å². The maximum absolute atomic E-state index is 11.4. The van der Waals surface area contributed by atoms with Crippen molar-refractivity contribution in [3.63, 3.8) is 0 Å². The van der Waals surface area contributed by atoms with Crippen LogP contribution in [0.1, 0.15) is 25.3 Å². The zero-order valence-corrected chi connectivity index (χ0v) is 11.0. The summed E-state index contributed by atoms with van der Waals surface area (Å²) in [5, 5.41) is 6.32. The molecule has 2 heterocycles. The van der Waals surface area contributed by atoms with E-state index in [2.05, 4.69) is 17.6 Å². The molecule has 5 heteroatoms. The molecular weight excluding hydrogens is 242 g/mol. The Labute approximate surface area is 112 Å². The normalized spacial score (nSPS) is 25.8. The van der Waals surface area contributed by atoms with Gasteiger partial charge in [-0.15, -0.1) is 0 Å². The number of benzene rings is 1. The first-order valence-corrected chi connectivity index (χ1v) is 6.74. The second-order valence-corrected chi connectivity index (χ2v) is 5.26. The molecule has 1 aromatic rings. The third kappa shape index (κ3) is 2.38. The van der Waals surface area contributed by atoms with Gasteiger partial charge in [-0.25, -0.2) is 0 Å². The van der Waals surface area contributed by atoms with Gasteiger partial charge in [-0.3, -0.25) is 4.79 Å². The average Bonchev–Trinajstić information content (AvgIpc) is 2.77. The highest BCUT2D eigenvalue weighted by atomic mass is 16.5. The van der Waals surface area contributed by atoms with Gasteiger partial charge in [-0.2, -0.15) is 0 Å². The number of nitrogens with one attached hydrogen (secondary N) is 2. The molecule has 0 spiro atoms. The van der Waals surface area contributed by atoms with Gasteiger partial charge in [0.2, 0.25) is 5.91 Å². The molecule has 102 valence electrons. The van der Waals surface area contributed by atoms with Crippen molar-refractivity contribution < 1.29 is 9.53 Å². The topological polar surface area (TPSA) is 76.4 Å². The molecule has 0 aromatic heterocycles. The van der Waals surface area contributed by atoms with E-state index in [4.69, 9.17) is 10.5 Å². The fourth-order valence-electron chi connectivity index (χ4n) is 2.69. The van der Waals surface area contributed by atoms with Crippen LogP contribution in [0.15, 0.2) is 12.1 Å². The quantitative estimate of drug-likeness (QED) is 0.709. The minimum atomic E-state index is 0.0702. The Bertz CT molecular complexity index is 516. The molecule has 1 fully saturated rings. The predicted molar refractivity (Wildman–Crippen MR) is 75.2 cm³/mol. The summed E-state index contributed by atoms with van der Waals surface area (Å²) >= 11 is 0. The van der Waals surface area contributed by atoms with Crippen LogP contribution >= 0.6 is 0 Å². The molecule has 2 aliphatic rings. The summed E-state index contributed by atoms with van der Waals surface area (Å²) in [5.74, 6) is 0.0702. The molecule has 3 rings (SSSR count). The molecular formula is C14H19N3O2. The first kappa shape index (κ1) is 12.3. The van der Waals surface area contributed by atoms with Crippen molar-refractivity contribution in [3.05, 3.63) is 17.7 Å². The summed E-state index contributed by atoms with van der Waals surface area (Å²) < 4.78 is 5.53. The molecule has 19 heavy (non-hydrogen) atoms. The summed E-state index contributed by atoms with van der Waals surface area (Å²) in [6, 6.07) is 4.17. The van der Waals surface area contributed by atoms with Gasteiger partial charge in [0.1, 0.15) is 0 Å². The molecule has 2 unspecified atom stereocenters. The van der Waals surface area contributed by atoms with E-state index in [9.17, 15) is 4.79 Å². The average molecular weight is 261 g/mol. The van der Waals surface area contributed by atoms with Crippen LogP contribution in [-0.4, -0.2) is 24.7 Å². The van der Waals surface area contributed by atoms with E-state index in [-0.39, 0.29) is 18.1 Å². The highest BCUT2D eigenvalue weighted by Crippen LogP contribution is 2.32. The zero-order chi connectivity index (χ0) is 13.4. The van der Waals surface area contributed by atoms with Crippen molar-refractivity contribution in [2.45, 2.75) is 38.3 Å². The van der Waals surface area contributed by atoms with Gasteiger partial charge in [0.15, 0.2) is 0 Å². The lowest BCUT2D eigenvalue weighted by molar-refractivity contribution is -0.116. The summed E-state index contributed by atoms with van der Waals surface area (Å²) in [6.45, 7) is 2.83. The van der Waals surface area contributed by atoms with Crippen LogP contribution < -0.4 is 16.4 Å². The number of nitrogens with two attached hydrogens (primary N) is 1. The largest absolute Gasteiger partial charge is 0.397 e. The maximum atomic E-state index is 11.4. The minimum Gasteiger partial charge on any atom is -0.397 e. The smallest absolute Gasteiger partial charge is 0.224 e. The monoisotopic (exact) mass is 261 g/mol. The third-order valence-electron chi connectivity index (χ3n) is 3.89. The lowest BCUT2D eigenvalue weighted by atomic mass is 10.0. The lowest BCUT2D eigenvalue weighted by Gasteiger charge is -2.23. The number of hydrogen-bond acceptors (Lipinski definition) is 4. The van der Waals surface area contributed by atoms with Crippen LogP contribution in [-0.2, 0) is 16.0 Å². The van der Waals surface area contributed by atoms with Crippen LogP contribution in [0.2, 0.25) is 0 Å². The molecule has 0 aliphatic carbocycles. The summed E-state index contributed by atoms with van der Waals surface area (Å²) in [7, 11) is 0. The Balaban J connectivity index is 1.85. The van der Waals surface area contributed by atoms with E-state index >= 15 is 0 Å². The van der Waals surface area contributed by atoms with Crippen LogP contribution in [0.5, 0.6) is 0 Å². The molecule has 0 bridgehead atoms. The van der Waals surface area contributed by atoms with Crippen molar-refractivity contribution >= 4 is 23.0 Å². The number of rotatable bonds is 2. The standard InChI is InChI=1S/C14H19N3O2/c1-8-11(4-5-19-8)16-13-7-12-9(6-10(13)15)2-3-14(18)17-12/h6-8,11,16H,2-5,15H2,1H3,(H,17,18). The number of carbonyl (C=O) groups excluding carboxylic acids is 1. The van der Waals surface area contributed by atoms with E-state index in [1.807, 2.05) is 12.1 Å². The molecule has 0 radical (unpaired) electrons. The van der Waals surface area contributed by atoms with E-state index < -0.39 is 0 Å². The SMILES string of the molecule is CC1OCCC1Nc1cc2c(cc1N)CCC(=O)N2. The third-order valence-corrected chi connectivity index (χ3v) is 3.89. The predicted octanol–water partition coefficient (Wildman–Crippen LogP) is 1.74. The number of amides is 1. The first-order chi connectivity index (χ1) is 9.13. The van der Waals surface area contributed by atoms with Crippen LogP contribution in [0.25, 0.3) is 0 Å². The number of fused-ring (bicyclic) bond motifs is 1. The van der Waals surface area contributed by atoms with Crippen molar-refractivity contribution in [3.8, 4) is 0 Å². The van der Waals surface area contributed by atoms with Gasteiger partial charge in [0.05, 0.1) is 23.5 Å². The van der Waals surface area contributed by atoms with Gasteiger partial charge < -0.3 is 21.1 Å². The fraction of sp³-hybridized carbons (Fsp3) is 0.500. The van der Waals surface area contributed by atoms with Crippen molar-refractivity contribution in [1.82, 2.24) is 0 Å². The van der Waals surface area contributed by atoms with Gasteiger partial charge in [0, 0.05) is 18.7 Å². The number of aryl methyl sites for hydroxylation is 1. The highest BCUT2D eigenvalue weighted by Gasteiger charge is 2.25. The molecule has 0 saturated carbocycles. The molecule has 4 N–H and O–H groups in total. The number of nitrogen functional groups attached to an aromatic ring is 1. The van der Waals surface area contributed by atoms with Gasteiger partial charge in [0.25, 0.3) is 0 Å². The Morgan fingerprint density at radius 2 is 2.26 bits per heavy atom. The zero-order valence-electron chi connectivity index (χ0n) is 11.0. The van der Waals surface area contributed by atoms with Crippen molar-refractivity contribution in [2.75, 3.05) is 23.0 Å². The van der Waals surface area contributed by atoms with Crippen molar-refractivity contribution in [2.24, 2.45) is 0 Å². The van der Waals surface area contributed by atoms with Crippen LogP contribution in [0, 0.1) is 0 Å². The number of hydrogen-bond donors (Lipinski definition) is 3. The maximum Gasteiger partial charge on any atom is 0.224 e. The highest BCUT2D eigenvalue weighted by molar-refractivity contribution is 5.95. The van der Waals surface area contributed by atoms with E-state index in [0.717, 1.165) is 42.1 Å². The minimum absolute atomic E-state index is 0.0702. The van der Waals surface area contributed by atoms with Crippen LogP contribution in [0.3, 0.4) is 0 Å². The Morgan fingerprint density at radius 1 is 1.42 bits per heavy atom. The van der Waals surface area contributed by atoms with E-state index in [1.54, 1.807) is 0 Å². The van der Waals surface area contributed by atoms with Crippen molar-refractivity contribution in [1.29, 1.82) is 0 Å². The van der Waals surface area contributed by atoms with Gasteiger partial charge >= 0.3 is 0 Å². The summed E-state index contributed by atoms with van der Waals surface area (Å²) in [5.41, 5.74) is 9.68. The number of carbonyl (C=O) groups is 1. The molecule has 2 aliphatic heterocycles. The number of anilines is 3. The van der Waals surface area contributed by atoms with Gasteiger partial charge in [-0.05, 0) is 37.5 Å². The second kappa shape index (κ2) is 4.74. The second-order valence-electron chi connectivity index (χ2n) is 5.26. The number of ether oxygens (including phenoxy) is 1. The molecule has 1 aromatic carbocycles. The summed E-state index contributed by atoms with van der Waals surface area (Å²) in [6.07, 6.45) is 2.45. The first-order valence-electron chi connectivity index (χ1n) is 6.74. The lowest BCUT2D eigenvalue weighted by Crippen LogP contribution is -2.27.